The molecule has 182 valence electrons. The summed E-state index contributed by atoms with van der Waals surface area (Å²) < 4.78 is 5.17. The number of hydrogen-bond donors (Lipinski definition) is 1. The average molecular weight is 515 g/mol. The highest BCUT2D eigenvalue weighted by Crippen LogP contribution is 2.59. The Hall–Kier alpha value is -2.90. The number of hydrogen-bond acceptors (Lipinski definition) is 5. The van der Waals surface area contributed by atoms with Crippen molar-refractivity contribution in [3.8, 4) is 0 Å². The van der Waals surface area contributed by atoms with E-state index >= 15 is 0 Å². The molecule has 2 saturated carbocycles. The van der Waals surface area contributed by atoms with Crippen LogP contribution in [0.2, 0.25) is 0 Å². The molecule has 3 amide bonds. The van der Waals surface area contributed by atoms with Crippen molar-refractivity contribution in [2.75, 3.05) is 11.5 Å². The van der Waals surface area contributed by atoms with E-state index in [1.54, 1.807) is 12.1 Å². The topological polar surface area (TPSA) is 92.8 Å². The summed E-state index contributed by atoms with van der Waals surface area (Å²) in [5, 5.41) is 2.11. The average Bonchev–Trinajstić information content (AvgIpc) is 3.47. The number of carbonyl (C=O) groups excluding carboxylic acids is 4. The minimum atomic E-state index is -0.727. The van der Waals surface area contributed by atoms with E-state index in [0.717, 1.165) is 10.5 Å². The maximum Gasteiger partial charge on any atom is 0.338 e. The van der Waals surface area contributed by atoms with E-state index in [1.807, 2.05) is 37.3 Å². The molecule has 1 N–H and O–H groups in total. The zero-order valence-corrected chi connectivity index (χ0v) is 20.4. The number of nitrogens with zero attached hydrogens (tertiary/aromatic N) is 1. The molecule has 3 aliphatic rings. The summed E-state index contributed by atoms with van der Waals surface area (Å²) in [5.74, 6) is -2.98. The van der Waals surface area contributed by atoms with Crippen LogP contribution in [-0.4, -0.2) is 41.1 Å². The fourth-order valence-corrected chi connectivity index (χ4v) is 6.59. The van der Waals surface area contributed by atoms with Gasteiger partial charge >= 0.3 is 5.97 Å². The van der Waals surface area contributed by atoms with Gasteiger partial charge in [-0.15, -0.1) is 23.2 Å². The van der Waals surface area contributed by atoms with Gasteiger partial charge in [0.15, 0.2) is 6.61 Å². The smallest absolute Gasteiger partial charge is 0.338 e. The standard InChI is InChI=1S/C26H24Cl2N2O5/c1-13(14-6-3-2-4-7-14)29-19(31)12-35-26(34)15-8-5-9-16(10-15)30-24(32)20-17-11-18(21(20)25(30)33)23(28)22(17)27/h2-10,13,17-18,20-23H,11-12H2,1H3,(H,29,31)/t13-,17+,18+,20-,21+,22-,23-/m0/s1. The first-order chi connectivity index (χ1) is 16.8. The van der Waals surface area contributed by atoms with Gasteiger partial charge in [0.1, 0.15) is 0 Å². The second-order valence-electron chi connectivity index (χ2n) is 9.34. The largest absolute Gasteiger partial charge is 0.452 e. The Labute approximate surface area is 212 Å². The molecule has 5 rings (SSSR count). The van der Waals surface area contributed by atoms with Gasteiger partial charge in [-0.05, 0) is 48.9 Å². The molecule has 3 fully saturated rings. The highest BCUT2D eigenvalue weighted by molar-refractivity contribution is 6.32. The summed E-state index contributed by atoms with van der Waals surface area (Å²) in [6, 6.07) is 15.3. The Morgan fingerprint density at radius 2 is 1.63 bits per heavy atom. The van der Waals surface area contributed by atoms with Crippen LogP contribution in [0.3, 0.4) is 0 Å². The molecule has 9 heteroatoms. The number of rotatable bonds is 6. The predicted octanol–water partition coefficient (Wildman–Crippen LogP) is 3.69. The van der Waals surface area contributed by atoms with Crippen LogP contribution in [0.1, 0.15) is 35.3 Å². The van der Waals surface area contributed by atoms with Crippen molar-refractivity contribution in [3.63, 3.8) is 0 Å². The summed E-state index contributed by atoms with van der Waals surface area (Å²) in [6.45, 7) is 1.38. The number of fused-ring (bicyclic) bond motifs is 5. The molecule has 0 aromatic heterocycles. The van der Waals surface area contributed by atoms with Gasteiger partial charge in [0.05, 0.1) is 39.9 Å². The van der Waals surface area contributed by atoms with Gasteiger partial charge in [0, 0.05) is 0 Å². The third kappa shape index (κ3) is 4.10. The van der Waals surface area contributed by atoms with E-state index in [1.165, 1.54) is 12.1 Å². The number of alkyl halides is 2. The molecule has 7 atom stereocenters. The minimum absolute atomic E-state index is 0.124. The van der Waals surface area contributed by atoms with Crippen LogP contribution in [-0.2, 0) is 19.1 Å². The molecule has 0 spiro atoms. The van der Waals surface area contributed by atoms with Crippen molar-refractivity contribution in [1.29, 1.82) is 0 Å². The maximum atomic E-state index is 13.2. The lowest BCUT2D eigenvalue weighted by atomic mass is 9.80. The number of imide groups is 1. The lowest BCUT2D eigenvalue weighted by Gasteiger charge is -2.28. The van der Waals surface area contributed by atoms with E-state index in [9.17, 15) is 19.2 Å². The summed E-state index contributed by atoms with van der Waals surface area (Å²) in [4.78, 5) is 52.4. The minimum Gasteiger partial charge on any atom is -0.452 e. The molecular weight excluding hydrogens is 491 g/mol. The Morgan fingerprint density at radius 3 is 2.26 bits per heavy atom. The molecule has 2 aromatic carbocycles. The summed E-state index contributed by atoms with van der Waals surface area (Å²) >= 11 is 12.8. The van der Waals surface area contributed by atoms with Crippen LogP contribution in [0.15, 0.2) is 54.6 Å². The van der Waals surface area contributed by atoms with E-state index in [4.69, 9.17) is 27.9 Å². The number of ether oxygens (including phenoxy) is 1. The zero-order chi connectivity index (χ0) is 24.9. The predicted molar refractivity (Wildman–Crippen MR) is 130 cm³/mol. The molecule has 1 heterocycles. The van der Waals surface area contributed by atoms with E-state index in [-0.39, 0.29) is 46.0 Å². The van der Waals surface area contributed by atoms with Crippen LogP contribution in [0.25, 0.3) is 0 Å². The molecule has 2 bridgehead atoms. The van der Waals surface area contributed by atoms with Crippen LogP contribution in [0.5, 0.6) is 0 Å². The van der Waals surface area contributed by atoms with Crippen LogP contribution >= 0.6 is 23.2 Å². The van der Waals surface area contributed by atoms with E-state index in [2.05, 4.69) is 5.32 Å². The van der Waals surface area contributed by atoms with Crippen molar-refractivity contribution in [3.05, 3.63) is 65.7 Å². The monoisotopic (exact) mass is 514 g/mol. The Balaban J connectivity index is 1.24. The van der Waals surface area contributed by atoms with Crippen LogP contribution < -0.4 is 10.2 Å². The quantitative estimate of drug-likeness (QED) is 0.360. The highest BCUT2D eigenvalue weighted by Gasteiger charge is 2.66. The van der Waals surface area contributed by atoms with Crippen molar-refractivity contribution in [1.82, 2.24) is 5.32 Å². The number of benzene rings is 2. The van der Waals surface area contributed by atoms with Crippen molar-refractivity contribution < 1.29 is 23.9 Å². The molecular formula is C26H24Cl2N2O5. The molecule has 35 heavy (non-hydrogen) atoms. The van der Waals surface area contributed by atoms with Gasteiger partial charge in [-0.3, -0.25) is 19.3 Å². The first-order valence-electron chi connectivity index (χ1n) is 11.6. The number of halogens is 2. The molecule has 7 nitrogen and oxygen atoms in total. The molecule has 2 aliphatic carbocycles. The first kappa shape index (κ1) is 23.8. The maximum absolute atomic E-state index is 13.2. The van der Waals surface area contributed by atoms with Gasteiger partial charge in [0.25, 0.3) is 5.91 Å². The lowest BCUT2D eigenvalue weighted by molar-refractivity contribution is -0.125. The van der Waals surface area contributed by atoms with Crippen LogP contribution in [0.4, 0.5) is 5.69 Å². The fourth-order valence-electron chi connectivity index (χ4n) is 5.70. The Morgan fingerprint density at radius 1 is 1.00 bits per heavy atom. The summed E-state index contributed by atoms with van der Waals surface area (Å²) in [7, 11) is 0. The Bertz CT molecular complexity index is 1160. The van der Waals surface area contributed by atoms with Crippen molar-refractivity contribution in [2.45, 2.75) is 30.1 Å². The van der Waals surface area contributed by atoms with Crippen LogP contribution in [0, 0.1) is 23.7 Å². The van der Waals surface area contributed by atoms with Gasteiger partial charge in [-0.2, -0.15) is 0 Å². The third-order valence-electron chi connectivity index (χ3n) is 7.34. The van der Waals surface area contributed by atoms with Gasteiger partial charge in [-0.25, -0.2) is 4.79 Å². The number of esters is 1. The van der Waals surface area contributed by atoms with Gasteiger partial charge in [-0.1, -0.05) is 36.4 Å². The normalized spacial score (nSPS) is 29.7. The second-order valence-corrected chi connectivity index (χ2v) is 10.3. The number of amides is 3. The third-order valence-corrected chi connectivity index (χ3v) is 8.66. The van der Waals surface area contributed by atoms with E-state index < -0.39 is 30.3 Å². The number of anilines is 1. The number of carbonyl (C=O) groups is 4. The first-order valence-corrected chi connectivity index (χ1v) is 12.4. The molecule has 0 unspecified atom stereocenters. The van der Waals surface area contributed by atoms with Crippen molar-refractivity contribution >= 4 is 52.6 Å². The van der Waals surface area contributed by atoms with Gasteiger partial charge < -0.3 is 10.1 Å². The fraction of sp³-hybridized carbons (Fsp3) is 0.385. The molecule has 1 aliphatic heterocycles. The second kappa shape index (κ2) is 9.28. The highest BCUT2D eigenvalue weighted by atomic mass is 35.5. The van der Waals surface area contributed by atoms with Gasteiger partial charge in [0.2, 0.25) is 11.8 Å². The molecule has 2 aromatic rings. The summed E-state index contributed by atoms with van der Waals surface area (Å²) in [5.41, 5.74) is 1.36. The summed E-state index contributed by atoms with van der Waals surface area (Å²) in [6.07, 6.45) is 0.681. The number of nitrogens with one attached hydrogen (secondary N) is 1. The lowest BCUT2D eigenvalue weighted by Crippen LogP contribution is -2.37. The SMILES string of the molecule is C[C@H](NC(=O)COC(=O)c1cccc(N2C(=O)[C@@H]3[C@H]4C[C@@H]([C@H](Cl)[C@H]4Cl)[C@@H]3C2=O)c1)c1ccccc1. The Kier molecular flexibility index (Phi) is 6.32. The zero-order valence-electron chi connectivity index (χ0n) is 18.9. The van der Waals surface area contributed by atoms with E-state index in [0.29, 0.717) is 12.1 Å². The molecule has 0 radical (unpaired) electrons. The van der Waals surface area contributed by atoms with Crippen molar-refractivity contribution in [2.24, 2.45) is 23.7 Å². The molecule has 1 saturated heterocycles.